The Morgan fingerprint density at radius 2 is 2.14 bits per heavy atom. The minimum Gasteiger partial charge on any atom is -0.417 e. The summed E-state index contributed by atoms with van der Waals surface area (Å²) in [5, 5.41) is 9.25. The van der Waals surface area contributed by atoms with Crippen LogP contribution in [-0.2, 0) is 7.05 Å². The van der Waals surface area contributed by atoms with E-state index in [2.05, 4.69) is 14.7 Å². The van der Waals surface area contributed by atoms with Gasteiger partial charge in [0.1, 0.15) is 17.3 Å². The molecule has 0 amide bonds. The highest BCUT2D eigenvalue weighted by Gasteiger charge is 2.27. The standard InChI is InChI=1S/C20H17F2N5O2/c1-26-15-6-4-13(9-23)25-19(15)16(8-18(26)28)27(11-12-2-3-12)14-5-7-17(24-10-14)29-20(21)22/h4-8,10,12,20H,2-3,11H2,1H3. The third-order valence-corrected chi connectivity index (χ3v) is 4.85. The molecule has 0 saturated heterocycles. The fraction of sp³-hybridized carbons (Fsp3) is 0.300. The number of hydrogen-bond donors (Lipinski definition) is 0. The summed E-state index contributed by atoms with van der Waals surface area (Å²) in [6.07, 6.45) is 3.56. The van der Waals surface area contributed by atoms with Gasteiger partial charge in [-0.05, 0) is 37.0 Å². The van der Waals surface area contributed by atoms with Crippen LogP contribution in [0.15, 0.2) is 41.3 Å². The maximum atomic E-state index is 12.5. The van der Waals surface area contributed by atoms with Gasteiger partial charge in [0.2, 0.25) is 5.88 Å². The molecule has 1 aliphatic rings. The zero-order chi connectivity index (χ0) is 20.5. The number of aromatic nitrogens is 3. The summed E-state index contributed by atoms with van der Waals surface area (Å²) in [4.78, 5) is 22.8. The Labute approximate surface area is 164 Å². The lowest BCUT2D eigenvalue weighted by Gasteiger charge is -2.26. The Bertz CT molecular complexity index is 1150. The van der Waals surface area contributed by atoms with E-state index >= 15 is 0 Å². The lowest BCUT2D eigenvalue weighted by Crippen LogP contribution is -2.25. The lowest BCUT2D eigenvalue weighted by atomic mass is 10.2. The summed E-state index contributed by atoms with van der Waals surface area (Å²) < 4.78 is 30.6. The van der Waals surface area contributed by atoms with Gasteiger partial charge in [-0.3, -0.25) is 4.79 Å². The molecule has 0 aliphatic heterocycles. The summed E-state index contributed by atoms with van der Waals surface area (Å²) in [5.41, 5.74) is 2.30. The number of halogens is 2. The SMILES string of the molecule is Cn1c(=O)cc(N(CC2CC2)c2ccc(OC(F)F)nc2)c2nc(C#N)ccc21. The molecule has 4 rings (SSSR count). The van der Waals surface area contributed by atoms with Crippen molar-refractivity contribution in [2.45, 2.75) is 19.5 Å². The molecule has 1 fully saturated rings. The zero-order valence-electron chi connectivity index (χ0n) is 15.5. The van der Waals surface area contributed by atoms with Gasteiger partial charge in [0.15, 0.2) is 0 Å². The van der Waals surface area contributed by atoms with E-state index in [-0.39, 0.29) is 17.1 Å². The number of nitriles is 1. The van der Waals surface area contributed by atoms with Crippen molar-refractivity contribution in [2.75, 3.05) is 11.4 Å². The molecule has 0 spiro atoms. The van der Waals surface area contributed by atoms with Crippen molar-refractivity contribution in [3.63, 3.8) is 0 Å². The molecule has 7 nitrogen and oxygen atoms in total. The second kappa shape index (κ2) is 7.47. The fourth-order valence-electron chi connectivity index (χ4n) is 3.17. The highest BCUT2D eigenvalue weighted by molar-refractivity contribution is 5.91. The van der Waals surface area contributed by atoms with Gasteiger partial charge in [-0.25, -0.2) is 9.97 Å². The van der Waals surface area contributed by atoms with Crippen molar-refractivity contribution < 1.29 is 13.5 Å². The predicted octanol–water partition coefficient (Wildman–Crippen LogP) is 3.35. The number of fused-ring (bicyclic) bond motifs is 1. The van der Waals surface area contributed by atoms with Crippen LogP contribution in [0.5, 0.6) is 5.88 Å². The Morgan fingerprint density at radius 1 is 1.34 bits per heavy atom. The van der Waals surface area contributed by atoms with E-state index in [9.17, 15) is 18.8 Å². The Hall–Kier alpha value is -3.54. The number of rotatable bonds is 6. The highest BCUT2D eigenvalue weighted by Crippen LogP contribution is 2.37. The van der Waals surface area contributed by atoms with Crippen molar-refractivity contribution in [1.29, 1.82) is 5.26 Å². The van der Waals surface area contributed by atoms with Crippen molar-refractivity contribution in [3.05, 3.63) is 52.6 Å². The maximum absolute atomic E-state index is 12.5. The average molecular weight is 397 g/mol. The second-order valence-corrected chi connectivity index (χ2v) is 6.89. The summed E-state index contributed by atoms with van der Waals surface area (Å²) in [6.45, 7) is -2.33. The number of ether oxygens (including phenoxy) is 1. The first-order valence-electron chi connectivity index (χ1n) is 9.05. The first-order chi connectivity index (χ1) is 14.0. The quantitative estimate of drug-likeness (QED) is 0.634. The Morgan fingerprint density at radius 3 is 2.76 bits per heavy atom. The van der Waals surface area contributed by atoms with Gasteiger partial charge in [0, 0.05) is 25.7 Å². The molecule has 0 unspecified atom stereocenters. The van der Waals surface area contributed by atoms with E-state index in [4.69, 9.17) is 0 Å². The Balaban J connectivity index is 1.85. The molecule has 3 aromatic rings. The average Bonchev–Trinajstić information content (AvgIpc) is 3.53. The van der Waals surface area contributed by atoms with E-state index in [1.165, 1.54) is 22.9 Å². The molecule has 0 aromatic carbocycles. The van der Waals surface area contributed by atoms with Gasteiger partial charge in [0.05, 0.1) is 23.1 Å². The summed E-state index contributed by atoms with van der Waals surface area (Å²) >= 11 is 0. The Kier molecular flexibility index (Phi) is 4.84. The van der Waals surface area contributed by atoms with Gasteiger partial charge in [-0.2, -0.15) is 14.0 Å². The number of anilines is 2. The lowest BCUT2D eigenvalue weighted by molar-refractivity contribution is -0.0528. The molecule has 3 heterocycles. The van der Waals surface area contributed by atoms with E-state index in [0.29, 0.717) is 34.9 Å². The van der Waals surface area contributed by atoms with Crippen molar-refractivity contribution in [1.82, 2.24) is 14.5 Å². The van der Waals surface area contributed by atoms with E-state index in [0.717, 1.165) is 12.8 Å². The number of pyridine rings is 3. The monoisotopic (exact) mass is 397 g/mol. The first kappa shape index (κ1) is 18.8. The van der Waals surface area contributed by atoms with Crippen LogP contribution in [-0.4, -0.2) is 27.7 Å². The molecule has 1 aliphatic carbocycles. The van der Waals surface area contributed by atoms with Crippen molar-refractivity contribution >= 4 is 22.4 Å². The zero-order valence-corrected chi connectivity index (χ0v) is 15.5. The van der Waals surface area contributed by atoms with Crippen molar-refractivity contribution in [3.8, 4) is 11.9 Å². The molecule has 0 N–H and O–H groups in total. The smallest absolute Gasteiger partial charge is 0.388 e. The molecule has 148 valence electrons. The van der Waals surface area contributed by atoms with Gasteiger partial charge in [-0.1, -0.05) is 0 Å². The van der Waals surface area contributed by atoms with Gasteiger partial charge >= 0.3 is 6.61 Å². The summed E-state index contributed by atoms with van der Waals surface area (Å²) in [7, 11) is 1.64. The molecule has 0 radical (unpaired) electrons. The number of hydrogen-bond acceptors (Lipinski definition) is 6. The molecular formula is C20H17F2N5O2. The molecular weight excluding hydrogens is 380 g/mol. The molecule has 0 atom stereocenters. The van der Waals surface area contributed by atoms with E-state index in [1.54, 1.807) is 25.2 Å². The van der Waals surface area contributed by atoms with Crippen LogP contribution in [0.2, 0.25) is 0 Å². The van der Waals surface area contributed by atoms with Crippen LogP contribution in [0.3, 0.4) is 0 Å². The number of aryl methyl sites for hydroxylation is 1. The predicted molar refractivity (Wildman–Crippen MR) is 102 cm³/mol. The summed E-state index contributed by atoms with van der Waals surface area (Å²) in [6, 6.07) is 9.73. The highest BCUT2D eigenvalue weighted by atomic mass is 19.3. The molecule has 1 saturated carbocycles. The van der Waals surface area contributed by atoms with Gasteiger partial charge in [0.25, 0.3) is 5.56 Å². The molecule has 3 aromatic heterocycles. The van der Waals surface area contributed by atoms with Crippen LogP contribution < -0.4 is 15.2 Å². The van der Waals surface area contributed by atoms with Crippen LogP contribution >= 0.6 is 0 Å². The van der Waals surface area contributed by atoms with Gasteiger partial charge < -0.3 is 14.2 Å². The molecule has 29 heavy (non-hydrogen) atoms. The number of alkyl halides is 2. The van der Waals surface area contributed by atoms with Crippen LogP contribution in [0.25, 0.3) is 11.0 Å². The third kappa shape index (κ3) is 3.87. The van der Waals surface area contributed by atoms with Crippen LogP contribution in [0.1, 0.15) is 18.5 Å². The maximum Gasteiger partial charge on any atom is 0.388 e. The summed E-state index contributed by atoms with van der Waals surface area (Å²) in [5.74, 6) is 0.263. The second-order valence-electron chi connectivity index (χ2n) is 6.89. The van der Waals surface area contributed by atoms with Crippen LogP contribution in [0, 0.1) is 17.2 Å². The van der Waals surface area contributed by atoms with E-state index < -0.39 is 6.61 Å². The van der Waals surface area contributed by atoms with Gasteiger partial charge in [-0.15, -0.1) is 0 Å². The first-order valence-corrected chi connectivity index (χ1v) is 9.05. The third-order valence-electron chi connectivity index (χ3n) is 4.85. The fourth-order valence-corrected chi connectivity index (χ4v) is 3.17. The minimum absolute atomic E-state index is 0.186. The normalized spacial score (nSPS) is 13.5. The molecule has 0 bridgehead atoms. The largest absolute Gasteiger partial charge is 0.417 e. The van der Waals surface area contributed by atoms with E-state index in [1.807, 2.05) is 11.0 Å². The van der Waals surface area contributed by atoms with Crippen LogP contribution in [0.4, 0.5) is 20.2 Å². The molecule has 9 heteroatoms. The van der Waals surface area contributed by atoms with Crippen molar-refractivity contribution in [2.24, 2.45) is 13.0 Å². The number of nitrogens with zero attached hydrogens (tertiary/aromatic N) is 5. The topological polar surface area (TPSA) is 84.0 Å². The minimum atomic E-state index is -2.95.